The van der Waals surface area contributed by atoms with Crippen LogP contribution in [0, 0.1) is 31.1 Å². The Balaban J connectivity index is 0.00000363. The number of hydrogen-bond acceptors (Lipinski definition) is 3. The molecule has 0 heterocycles. The number of carbonyl (C=O) groups is 1. The van der Waals surface area contributed by atoms with Gasteiger partial charge in [0.1, 0.15) is 0 Å². The van der Waals surface area contributed by atoms with Crippen molar-refractivity contribution in [3.63, 3.8) is 0 Å². The SMILES string of the molecule is COC(=O)c1ccc([C-]=c2ccccc2=C([NH-])Nc2cc(Cl)cc(C(F)(F)F)c2)cc1.[U+2]. The molecule has 0 atom stereocenters. The van der Waals surface area contributed by atoms with Crippen molar-refractivity contribution in [1.29, 1.82) is 0 Å². The molecular weight excluding hydrogens is 667 g/mol. The van der Waals surface area contributed by atoms with Gasteiger partial charge in [-0.25, -0.2) is 4.79 Å². The van der Waals surface area contributed by atoms with Crippen LogP contribution in [0.3, 0.4) is 0 Å². The summed E-state index contributed by atoms with van der Waals surface area (Å²) in [5.74, 6) is -0.581. The van der Waals surface area contributed by atoms with E-state index in [1.54, 1.807) is 48.5 Å². The van der Waals surface area contributed by atoms with E-state index in [9.17, 15) is 18.0 Å². The van der Waals surface area contributed by atoms with Crippen LogP contribution < -0.4 is 15.8 Å². The molecule has 0 saturated heterocycles. The molecule has 4 nitrogen and oxygen atoms in total. The molecule has 0 aliphatic rings. The molecule has 162 valence electrons. The molecule has 0 spiro atoms. The number of anilines is 1. The number of hydrogen-bond donors (Lipinski definition) is 1. The van der Waals surface area contributed by atoms with E-state index < -0.39 is 17.7 Å². The molecule has 2 N–H and O–H groups in total. The van der Waals surface area contributed by atoms with Crippen molar-refractivity contribution >= 4 is 35.2 Å². The molecule has 0 fully saturated rings. The Hall–Kier alpha value is -2.40. The van der Waals surface area contributed by atoms with Crippen LogP contribution in [0.5, 0.6) is 0 Å². The van der Waals surface area contributed by atoms with Gasteiger partial charge in [0.05, 0.1) is 12.7 Å². The van der Waals surface area contributed by atoms with E-state index in [4.69, 9.17) is 17.3 Å². The number of benzene rings is 3. The largest absolute Gasteiger partial charge is 2.00 e. The summed E-state index contributed by atoms with van der Waals surface area (Å²) in [5, 5.41) is 3.54. The Morgan fingerprint density at radius 3 is 2.34 bits per heavy atom. The monoisotopic (exact) mass is 682 g/mol. The van der Waals surface area contributed by atoms with Gasteiger partial charge >= 0.3 is 43.3 Å². The van der Waals surface area contributed by atoms with Crippen LogP contribution >= 0.6 is 11.6 Å². The van der Waals surface area contributed by atoms with Crippen LogP contribution in [0.25, 0.3) is 17.6 Å². The van der Waals surface area contributed by atoms with Crippen molar-refractivity contribution in [2.24, 2.45) is 0 Å². The second-order valence-electron chi connectivity index (χ2n) is 6.47. The van der Waals surface area contributed by atoms with E-state index in [0.717, 1.165) is 12.1 Å². The van der Waals surface area contributed by atoms with Crippen molar-refractivity contribution in [2.75, 3.05) is 12.4 Å². The van der Waals surface area contributed by atoms with Crippen molar-refractivity contribution in [3.05, 3.63) is 105 Å². The van der Waals surface area contributed by atoms with E-state index in [-0.39, 0.29) is 47.6 Å². The third kappa shape index (κ3) is 6.55. The molecule has 0 amide bonds. The second kappa shape index (κ2) is 11.0. The summed E-state index contributed by atoms with van der Waals surface area (Å²) < 4.78 is 43.8. The van der Waals surface area contributed by atoms with Gasteiger partial charge in [0.15, 0.2) is 0 Å². The summed E-state index contributed by atoms with van der Waals surface area (Å²) >= 11 is 5.81. The molecule has 0 bridgehead atoms. The number of methoxy groups -OCH3 is 1. The fraction of sp³-hybridized carbons (Fsp3) is 0.0870. The zero-order chi connectivity index (χ0) is 22.6. The van der Waals surface area contributed by atoms with Gasteiger partial charge < -0.3 is 15.8 Å². The number of esters is 1. The Labute approximate surface area is 211 Å². The molecule has 3 aromatic rings. The first kappa shape index (κ1) is 25.9. The van der Waals surface area contributed by atoms with Gasteiger partial charge in [-0.3, -0.25) is 0 Å². The minimum atomic E-state index is -4.56. The fourth-order valence-electron chi connectivity index (χ4n) is 2.81. The van der Waals surface area contributed by atoms with Crippen LogP contribution in [-0.4, -0.2) is 13.1 Å². The third-order valence-electron chi connectivity index (χ3n) is 4.28. The summed E-state index contributed by atoms with van der Waals surface area (Å²) in [6.45, 7) is 0. The zero-order valence-electron chi connectivity index (χ0n) is 16.7. The topological polar surface area (TPSA) is 62.1 Å². The summed E-state index contributed by atoms with van der Waals surface area (Å²) in [4.78, 5) is 11.6. The maximum Gasteiger partial charge on any atom is 2.00 e. The molecule has 0 aliphatic carbocycles. The minimum Gasteiger partial charge on any atom is -0.488 e. The molecule has 3 aromatic carbocycles. The number of ether oxygens (including phenoxy) is 1. The van der Waals surface area contributed by atoms with Crippen molar-refractivity contribution in [2.45, 2.75) is 6.18 Å². The van der Waals surface area contributed by atoms with E-state index in [1.807, 2.05) is 0 Å². The Morgan fingerprint density at radius 2 is 1.72 bits per heavy atom. The molecule has 32 heavy (non-hydrogen) atoms. The van der Waals surface area contributed by atoms with E-state index in [0.29, 0.717) is 21.6 Å². The maximum atomic E-state index is 13.0. The van der Waals surface area contributed by atoms with Gasteiger partial charge in [-0.2, -0.15) is 13.2 Å². The van der Waals surface area contributed by atoms with Gasteiger partial charge in [0.25, 0.3) is 0 Å². The van der Waals surface area contributed by atoms with Gasteiger partial charge in [0.2, 0.25) is 0 Å². The first-order chi connectivity index (χ1) is 14.7. The average molecular weight is 683 g/mol. The van der Waals surface area contributed by atoms with Crippen LogP contribution in [-0.2, 0) is 10.9 Å². The van der Waals surface area contributed by atoms with E-state index in [2.05, 4.69) is 16.1 Å². The second-order valence-corrected chi connectivity index (χ2v) is 6.90. The van der Waals surface area contributed by atoms with Gasteiger partial charge in [-0.1, -0.05) is 53.0 Å². The van der Waals surface area contributed by atoms with Crippen LogP contribution in [0.4, 0.5) is 18.9 Å². The van der Waals surface area contributed by atoms with Crippen molar-refractivity contribution in [1.82, 2.24) is 0 Å². The summed E-state index contributed by atoms with van der Waals surface area (Å²) in [5.41, 5.74) is 8.52. The third-order valence-corrected chi connectivity index (χ3v) is 4.49. The van der Waals surface area contributed by atoms with Gasteiger partial charge in [-0.05, 0) is 23.9 Å². The summed E-state index contributed by atoms with van der Waals surface area (Å²) in [6, 6.07) is 16.4. The van der Waals surface area contributed by atoms with Crippen LogP contribution in [0.2, 0.25) is 5.02 Å². The number of halogens is 4. The summed E-state index contributed by atoms with van der Waals surface area (Å²) in [7, 11) is 1.29. The van der Waals surface area contributed by atoms with E-state index in [1.165, 1.54) is 13.2 Å². The first-order valence-electron chi connectivity index (χ1n) is 8.95. The van der Waals surface area contributed by atoms with Crippen molar-refractivity contribution < 1.29 is 53.8 Å². The van der Waals surface area contributed by atoms with Crippen LogP contribution in [0.1, 0.15) is 21.5 Å². The average Bonchev–Trinajstić information content (AvgIpc) is 2.73. The molecule has 0 unspecified atom stereocenters. The zero-order valence-corrected chi connectivity index (χ0v) is 21.6. The quantitative estimate of drug-likeness (QED) is 0.309. The molecule has 3 rings (SSSR count). The first-order valence-corrected chi connectivity index (χ1v) is 9.33. The number of carbonyl (C=O) groups excluding carboxylic acids is 1. The summed E-state index contributed by atoms with van der Waals surface area (Å²) in [6.07, 6.45) is -1.42. The Kier molecular flexibility index (Phi) is 8.85. The molecule has 0 saturated carbocycles. The number of rotatable bonds is 4. The number of alkyl halides is 3. The molecule has 9 heteroatoms. The standard InChI is InChI=1S/C23H17ClF3N2O2.U/c1-31-22(30)15-8-6-14(7-9-15)10-16-4-2-3-5-20(16)21(28)29-19-12-17(23(25,26)27)11-18(24)13-19;/h2-9,11-13H,1H3,(H3,28,29,30);/q-1;+2/p-1. The van der Waals surface area contributed by atoms with Gasteiger partial charge in [0, 0.05) is 10.6 Å². The Bertz CT molecular complexity index is 1230. The van der Waals surface area contributed by atoms with Crippen LogP contribution in [0.15, 0.2) is 66.7 Å². The number of nitrogens with one attached hydrogen (secondary N) is 2. The minimum absolute atomic E-state index is 0. The fourth-order valence-corrected chi connectivity index (χ4v) is 3.05. The van der Waals surface area contributed by atoms with Crippen molar-refractivity contribution in [3.8, 4) is 0 Å². The predicted octanol–water partition coefficient (Wildman–Crippen LogP) is 5.08. The molecule has 0 aromatic heterocycles. The van der Waals surface area contributed by atoms with Gasteiger partial charge in [-0.15, -0.1) is 35.1 Å². The molecule has 0 radical (unpaired) electrons. The predicted molar refractivity (Wildman–Crippen MR) is 114 cm³/mol. The molecular formula is C23H16ClF3N2O2U. The molecule has 0 aliphatic heterocycles. The smallest absolute Gasteiger partial charge is 0.488 e. The normalized spacial score (nSPS) is 12.6. The van der Waals surface area contributed by atoms with E-state index >= 15 is 0 Å². The maximum absolute atomic E-state index is 13.0. The Morgan fingerprint density at radius 1 is 1.06 bits per heavy atom.